The monoisotopic (exact) mass is 204 g/mol. The first-order valence-corrected chi connectivity index (χ1v) is 5.40. The zero-order valence-electron chi connectivity index (χ0n) is 10.0. The summed E-state index contributed by atoms with van der Waals surface area (Å²) in [7, 11) is 0. The molecule has 1 aromatic heterocycles. The van der Waals surface area contributed by atoms with Gasteiger partial charge in [0.1, 0.15) is 0 Å². The smallest absolute Gasteiger partial charge is 0.0342 e. The number of pyridine rings is 1. The van der Waals surface area contributed by atoms with Crippen LogP contribution in [0.25, 0.3) is 6.08 Å². The summed E-state index contributed by atoms with van der Waals surface area (Å²) in [6.07, 6.45) is 5.93. The second kappa shape index (κ2) is 5.66. The van der Waals surface area contributed by atoms with Crippen LogP contribution in [0.1, 0.15) is 31.9 Å². The van der Waals surface area contributed by atoms with E-state index in [2.05, 4.69) is 44.1 Å². The van der Waals surface area contributed by atoms with Gasteiger partial charge in [0.25, 0.3) is 0 Å². The Morgan fingerprint density at radius 2 is 2.27 bits per heavy atom. The van der Waals surface area contributed by atoms with E-state index in [-0.39, 0.29) is 0 Å². The van der Waals surface area contributed by atoms with Crippen molar-refractivity contribution in [2.45, 2.75) is 33.7 Å². The summed E-state index contributed by atoms with van der Waals surface area (Å²) in [4.78, 5) is 4.13. The first-order chi connectivity index (χ1) is 7.09. The first-order valence-electron chi connectivity index (χ1n) is 5.40. The Labute approximate surface area is 92.4 Å². The van der Waals surface area contributed by atoms with Crippen molar-refractivity contribution < 1.29 is 0 Å². The minimum absolute atomic E-state index is 0.531. The molecule has 0 saturated carbocycles. The molecule has 0 atom stereocenters. The summed E-state index contributed by atoms with van der Waals surface area (Å²) in [6.45, 7) is 9.50. The molecule has 2 nitrogen and oxygen atoms in total. The summed E-state index contributed by atoms with van der Waals surface area (Å²) in [5.41, 5.74) is 3.81. The van der Waals surface area contributed by atoms with Crippen LogP contribution in [0, 0.1) is 6.92 Å². The number of nitrogens with one attached hydrogen (secondary N) is 1. The highest BCUT2D eigenvalue weighted by atomic mass is 14.9. The van der Waals surface area contributed by atoms with Gasteiger partial charge in [0.2, 0.25) is 0 Å². The Morgan fingerprint density at radius 1 is 1.53 bits per heavy atom. The highest BCUT2D eigenvalue weighted by Crippen LogP contribution is 2.09. The van der Waals surface area contributed by atoms with Gasteiger partial charge in [-0.05, 0) is 31.0 Å². The van der Waals surface area contributed by atoms with Gasteiger partial charge in [-0.15, -0.1) is 0 Å². The summed E-state index contributed by atoms with van der Waals surface area (Å²) >= 11 is 0. The number of hydrogen-bond acceptors (Lipinski definition) is 2. The van der Waals surface area contributed by atoms with Crippen LogP contribution in [-0.2, 0) is 0 Å². The van der Waals surface area contributed by atoms with Crippen LogP contribution >= 0.6 is 0 Å². The molecule has 2 heteroatoms. The molecule has 0 bridgehead atoms. The molecule has 1 aromatic rings. The lowest BCUT2D eigenvalue weighted by atomic mass is 10.1. The standard InChI is InChI=1S/C13H20N2/c1-10(2)15-8-11(3)7-13-9-14-6-5-12(13)4/h5-7,9-10,15H,8H2,1-4H3/b11-7+. The molecule has 0 amide bonds. The van der Waals surface area contributed by atoms with E-state index < -0.39 is 0 Å². The molecule has 0 aliphatic heterocycles. The zero-order valence-corrected chi connectivity index (χ0v) is 10.0. The lowest BCUT2D eigenvalue weighted by Gasteiger charge is -2.08. The third-order valence-electron chi connectivity index (χ3n) is 2.27. The molecule has 82 valence electrons. The van der Waals surface area contributed by atoms with Gasteiger partial charge in [0.15, 0.2) is 0 Å². The van der Waals surface area contributed by atoms with Crippen molar-refractivity contribution in [2.24, 2.45) is 0 Å². The Kier molecular flexibility index (Phi) is 4.50. The van der Waals surface area contributed by atoms with Crippen LogP contribution in [0.4, 0.5) is 0 Å². The van der Waals surface area contributed by atoms with Crippen LogP contribution in [0.3, 0.4) is 0 Å². The van der Waals surface area contributed by atoms with Gasteiger partial charge in [-0.3, -0.25) is 4.98 Å². The van der Waals surface area contributed by atoms with Gasteiger partial charge in [0.05, 0.1) is 0 Å². The molecule has 1 N–H and O–H groups in total. The predicted octanol–water partition coefficient (Wildman–Crippen LogP) is 2.79. The Hall–Kier alpha value is -1.15. The minimum Gasteiger partial charge on any atom is -0.311 e. The summed E-state index contributed by atoms with van der Waals surface area (Å²) in [6, 6.07) is 2.57. The summed E-state index contributed by atoms with van der Waals surface area (Å²) in [5.74, 6) is 0. The van der Waals surface area contributed by atoms with Gasteiger partial charge >= 0.3 is 0 Å². The molecule has 0 saturated heterocycles. The summed E-state index contributed by atoms with van der Waals surface area (Å²) < 4.78 is 0. The van der Waals surface area contributed by atoms with E-state index in [1.54, 1.807) is 0 Å². The minimum atomic E-state index is 0.531. The number of aryl methyl sites for hydroxylation is 1. The van der Waals surface area contributed by atoms with E-state index in [0.717, 1.165) is 6.54 Å². The highest BCUT2D eigenvalue weighted by molar-refractivity contribution is 5.55. The van der Waals surface area contributed by atoms with Crippen LogP contribution in [-0.4, -0.2) is 17.6 Å². The van der Waals surface area contributed by atoms with E-state index >= 15 is 0 Å². The van der Waals surface area contributed by atoms with Crippen molar-refractivity contribution in [3.05, 3.63) is 35.2 Å². The molecule has 0 radical (unpaired) electrons. The second-order valence-electron chi connectivity index (χ2n) is 4.26. The van der Waals surface area contributed by atoms with Crippen LogP contribution < -0.4 is 5.32 Å². The normalized spacial score (nSPS) is 12.2. The predicted molar refractivity (Wildman–Crippen MR) is 65.8 cm³/mol. The second-order valence-corrected chi connectivity index (χ2v) is 4.26. The van der Waals surface area contributed by atoms with Crippen LogP contribution in [0.2, 0.25) is 0 Å². The van der Waals surface area contributed by atoms with Crippen molar-refractivity contribution in [3.63, 3.8) is 0 Å². The van der Waals surface area contributed by atoms with Gasteiger partial charge in [-0.1, -0.05) is 25.5 Å². The topological polar surface area (TPSA) is 24.9 Å². The molecule has 0 aromatic carbocycles. The quantitative estimate of drug-likeness (QED) is 0.815. The molecule has 0 unspecified atom stereocenters. The molecule has 0 aliphatic carbocycles. The number of aromatic nitrogens is 1. The maximum absolute atomic E-state index is 4.13. The molecular weight excluding hydrogens is 184 g/mol. The fourth-order valence-corrected chi connectivity index (χ4v) is 1.31. The van der Waals surface area contributed by atoms with Gasteiger partial charge in [-0.25, -0.2) is 0 Å². The van der Waals surface area contributed by atoms with Gasteiger partial charge in [0, 0.05) is 25.0 Å². The molecule has 0 fully saturated rings. The maximum Gasteiger partial charge on any atom is 0.0342 e. The lowest BCUT2D eigenvalue weighted by molar-refractivity contribution is 0.623. The Balaban J connectivity index is 2.66. The lowest BCUT2D eigenvalue weighted by Crippen LogP contribution is -2.24. The molecular formula is C13H20N2. The average Bonchev–Trinajstić information content (AvgIpc) is 2.18. The van der Waals surface area contributed by atoms with Crippen LogP contribution in [0.5, 0.6) is 0 Å². The molecule has 0 aliphatic rings. The van der Waals surface area contributed by atoms with Crippen molar-refractivity contribution in [1.29, 1.82) is 0 Å². The van der Waals surface area contributed by atoms with E-state index in [1.807, 2.05) is 18.5 Å². The van der Waals surface area contributed by atoms with Crippen molar-refractivity contribution in [2.75, 3.05) is 6.54 Å². The SMILES string of the molecule is C/C(=C\c1cnccc1C)CNC(C)C. The zero-order chi connectivity index (χ0) is 11.3. The van der Waals surface area contributed by atoms with E-state index in [1.165, 1.54) is 16.7 Å². The van der Waals surface area contributed by atoms with Crippen LogP contribution in [0.15, 0.2) is 24.0 Å². The van der Waals surface area contributed by atoms with E-state index in [4.69, 9.17) is 0 Å². The average molecular weight is 204 g/mol. The van der Waals surface area contributed by atoms with E-state index in [0.29, 0.717) is 6.04 Å². The Bertz CT molecular complexity index is 340. The first kappa shape index (κ1) is 11.9. The fourth-order valence-electron chi connectivity index (χ4n) is 1.31. The Morgan fingerprint density at radius 3 is 2.87 bits per heavy atom. The van der Waals surface area contributed by atoms with Gasteiger partial charge < -0.3 is 5.32 Å². The van der Waals surface area contributed by atoms with Gasteiger partial charge in [-0.2, -0.15) is 0 Å². The highest BCUT2D eigenvalue weighted by Gasteiger charge is 1.96. The third kappa shape index (κ3) is 4.26. The van der Waals surface area contributed by atoms with E-state index in [9.17, 15) is 0 Å². The molecule has 15 heavy (non-hydrogen) atoms. The third-order valence-corrected chi connectivity index (χ3v) is 2.27. The maximum atomic E-state index is 4.13. The molecule has 1 heterocycles. The van der Waals surface area contributed by atoms with Crippen molar-refractivity contribution >= 4 is 6.08 Å². The number of hydrogen-bond donors (Lipinski definition) is 1. The summed E-state index contributed by atoms with van der Waals surface area (Å²) in [5, 5.41) is 3.40. The molecule has 1 rings (SSSR count). The largest absolute Gasteiger partial charge is 0.311 e. The number of rotatable bonds is 4. The number of nitrogens with zero attached hydrogens (tertiary/aromatic N) is 1. The van der Waals surface area contributed by atoms with Crippen molar-refractivity contribution in [3.8, 4) is 0 Å². The fraction of sp³-hybridized carbons (Fsp3) is 0.462. The molecule has 0 spiro atoms. The van der Waals surface area contributed by atoms with Crippen molar-refractivity contribution in [1.82, 2.24) is 10.3 Å².